The molecule has 1 N–H and O–H groups in total. The normalized spacial score (nSPS) is 15.8. The predicted octanol–water partition coefficient (Wildman–Crippen LogP) is 4.12. The number of sulfonamides is 1. The molecule has 12 heteroatoms. The molecule has 0 saturated carbocycles. The van der Waals surface area contributed by atoms with E-state index in [1.807, 2.05) is 13.0 Å². The fourth-order valence-corrected chi connectivity index (χ4v) is 5.80. The Morgan fingerprint density at radius 3 is 2.59 bits per heavy atom. The average Bonchev–Trinajstić information content (AvgIpc) is 3.14. The molecule has 0 atom stereocenters. The van der Waals surface area contributed by atoms with Gasteiger partial charge in [-0.15, -0.1) is 24.5 Å². The third kappa shape index (κ3) is 5.59. The van der Waals surface area contributed by atoms with Crippen molar-refractivity contribution in [3.63, 3.8) is 0 Å². The molecule has 1 aliphatic heterocycles. The molecule has 0 aliphatic carbocycles. The molecule has 1 fully saturated rings. The van der Waals surface area contributed by atoms with Crippen molar-refractivity contribution in [1.29, 1.82) is 5.26 Å². The molecule has 1 aromatic heterocycles. The number of benzene rings is 1. The Bertz CT molecular complexity index is 1130. The molecule has 2 heterocycles. The van der Waals surface area contributed by atoms with E-state index in [0.29, 0.717) is 10.6 Å². The zero-order valence-corrected chi connectivity index (χ0v) is 18.6. The van der Waals surface area contributed by atoms with E-state index in [9.17, 15) is 31.6 Å². The SMILES string of the molecule is CCc1cc(C#N)c(NC(=O)C2CCN(S(=O)(=O)c3cccc(OC(F)(F)F)c3)CC2)s1. The fraction of sp³-hybridized carbons (Fsp3) is 0.400. The average molecular weight is 488 g/mol. The standard InChI is InChI=1S/C20H20F3N3O4S2/c1-2-16-10-14(12-24)19(31-16)25-18(27)13-6-8-26(9-7-13)32(28,29)17-5-3-4-15(11-17)30-20(21,22)23/h3-5,10-11,13H,2,6-9H2,1H3,(H,25,27). The van der Waals surface area contributed by atoms with Gasteiger partial charge in [-0.2, -0.15) is 9.57 Å². The largest absolute Gasteiger partial charge is 0.573 e. The van der Waals surface area contributed by atoms with Crippen LogP contribution >= 0.6 is 11.3 Å². The molecule has 1 aliphatic rings. The summed E-state index contributed by atoms with van der Waals surface area (Å²) in [7, 11) is -4.05. The number of nitrogens with zero attached hydrogens (tertiary/aromatic N) is 2. The third-order valence-corrected chi connectivity index (χ3v) is 8.08. The summed E-state index contributed by atoms with van der Waals surface area (Å²) >= 11 is 1.33. The summed E-state index contributed by atoms with van der Waals surface area (Å²) in [5.41, 5.74) is 0.390. The maximum absolute atomic E-state index is 12.8. The molecule has 2 aromatic rings. The Morgan fingerprint density at radius 1 is 1.31 bits per heavy atom. The van der Waals surface area contributed by atoms with E-state index < -0.39 is 28.1 Å². The van der Waals surface area contributed by atoms with Crippen LogP contribution in [0.25, 0.3) is 0 Å². The zero-order chi connectivity index (χ0) is 23.5. The van der Waals surface area contributed by atoms with Crippen LogP contribution in [-0.4, -0.2) is 38.1 Å². The first-order chi connectivity index (χ1) is 15.0. The van der Waals surface area contributed by atoms with Crippen LogP contribution in [0.5, 0.6) is 5.75 Å². The molecule has 0 radical (unpaired) electrons. The van der Waals surface area contributed by atoms with E-state index in [4.69, 9.17) is 0 Å². The number of anilines is 1. The van der Waals surface area contributed by atoms with Crippen molar-refractivity contribution < 1.29 is 31.1 Å². The van der Waals surface area contributed by atoms with Crippen LogP contribution in [0.2, 0.25) is 0 Å². The summed E-state index contributed by atoms with van der Waals surface area (Å²) in [6.45, 7) is 2.03. The molecule has 32 heavy (non-hydrogen) atoms. The molecule has 1 saturated heterocycles. The minimum absolute atomic E-state index is 0.0422. The van der Waals surface area contributed by atoms with Crippen LogP contribution in [0.3, 0.4) is 0 Å². The maximum atomic E-state index is 12.8. The van der Waals surface area contributed by atoms with Crippen LogP contribution < -0.4 is 10.1 Å². The minimum atomic E-state index is -4.93. The van der Waals surface area contributed by atoms with Crippen LogP contribution in [0, 0.1) is 17.2 Å². The number of piperidine rings is 1. The molecule has 1 amide bonds. The van der Waals surface area contributed by atoms with E-state index >= 15 is 0 Å². The van der Waals surface area contributed by atoms with Crippen LogP contribution in [0.4, 0.5) is 18.2 Å². The molecule has 0 spiro atoms. The fourth-order valence-electron chi connectivity index (χ4n) is 3.35. The molecule has 1 aromatic carbocycles. The van der Waals surface area contributed by atoms with E-state index in [1.54, 1.807) is 6.07 Å². The van der Waals surface area contributed by atoms with Gasteiger partial charge in [0.15, 0.2) is 0 Å². The van der Waals surface area contributed by atoms with Gasteiger partial charge in [-0.05, 0) is 37.5 Å². The lowest BCUT2D eigenvalue weighted by atomic mass is 9.97. The van der Waals surface area contributed by atoms with Gasteiger partial charge in [0.25, 0.3) is 0 Å². The molecule has 3 rings (SSSR count). The van der Waals surface area contributed by atoms with E-state index in [-0.39, 0.29) is 36.7 Å². The number of thiophene rings is 1. The van der Waals surface area contributed by atoms with Gasteiger partial charge < -0.3 is 10.1 Å². The Kier molecular flexibility index (Phi) is 7.12. The number of amides is 1. The van der Waals surface area contributed by atoms with E-state index in [2.05, 4.69) is 10.1 Å². The van der Waals surface area contributed by atoms with Gasteiger partial charge in [0.05, 0.1) is 10.5 Å². The zero-order valence-electron chi connectivity index (χ0n) is 17.0. The number of carbonyl (C=O) groups is 1. The Balaban J connectivity index is 1.65. The van der Waals surface area contributed by atoms with Gasteiger partial charge in [-0.25, -0.2) is 8.42 Å². The Hall–Kier alpha value is -2.62. The first-order valence-electron chi connectivity index (χ1n) is 9.73. The molecular formula is C20H20F3N3O4S2. The van der Waals surface area contributed by atoms with Crippen molar-refractivity contribution in [2.24, 2.45) is 5.92 Å². The summed E-state index contributed by atoms with van der Waals surface area (Å²) in [6.07, 6.45) is -3.70. The van der Waals surface area contributed by atoms with Gasteiger partial charge in [0, 0.05) is 30.0 Å². The second-order valence-corrected chi connectivity index (χ2v) is 10.2. The quantitative estimate of drug-likeness (QED) is 0.661. The summed E-state index contributed by atoms with van der Waals surface area (Å²) in [5, 5.41) is 12.5. The summed E-state index contributed by atoms with van der Waals surface area (Å²) in [4.78, 5) is 13.3. The molecular weight excluding hydrogens is 467 g/mol. The smallest absolute Gasteiger partial charge is 0.406 e. The number of carbonyl (C=O) groups excluding carboxylic acids is 1. The number of nitriles is 1. The van der Waals surface area contributed by atoms with Crippen molar-refractivity contribution in [3.8, 4) is 11.8 Å². The highest BCUT2D eigenvalue weighted by atomic mass is 32.2. The van der Waals surface area contributed by atoms with Gasteiger partial charge in [0.2, 0.25) is 15.9 Å². The lowest BCUT2D eigenvalue weighted by molar-refractivity contribution is -0.274. The number of alkyl halides is 3. The van der Waals surface area contributed by atoms with Crippen LogP contribution in [-0.2, 0) is 21.2 Å². The third-order valence-electron chi connectivity index (χ3n) is 4.99. The predicted molar refractivity (Wildman–Crippen MR) is 112 cm³/mol. The molecule has 0 bridgehead atoms. The van der Waals surface area contributed by atoms with Crippen molar-refractivity contribution in [3.05, 3.63) is 40.8 Å². The van der Waals surface area contributed by atoms with Gasteiger partial charge >= 0.3 is 6.36 Å². The summed E-state index contributed by atoms with van der Waals surface area (Å²) in [6, 6.07) is 8.00. The number of aryl methyl sites for hydroxylation is 1. The number of nitrogens with one attached hydrogen (secondary N) is 1. The van der Waals surface area contributed by atoms with Crippen molar-refractivity contribution in [1.82, 2.24) is 4.31 Å². The van der Waals surface area contributed by atoms with E-state index in [0.717, 1.165) is 27.7 Å². The summed E-state index contributed by atoms with van der Waals surface area (Å²) < 4.78 is 67.9. The van der Waals surface area contributed by atoms with Gasteiger partial charge in [-0.1, -0.05) is 13.0 Å². The number of hydrogen-bond donors (Lipinski definition) is 1. The van der Waals surface area contributed by atoms with Crippen molar-refractivity contribution >= 4 is 32.3 Å². The number of rotatable bonds is 6. The van der Waals surface area contributed by atoms with E-state index in [1.165, 1.54) is 23.5 Å². The van der Waals surface area contributed by atoms with Crippen molar-refractivity contribution in [2.75, 3.05) is 18.4 Å². The first kappa shape index (κ1) is 24.0. The van der Waals surface area contributed by atoms with Crippen molar-refractivity contribution in [2.45, 2.75) is 37.4 Å². The molecule has 0 unspecified atom stereocenters. The highest BCUT2D eigenvalue weighted by Crippen LogP contribution is 2.31. The number of halogens is 3. The lowest BCUT2D eigenvalue weighted by Gasteiger charge is -2.30. The Labute approximate surface area is 187 Å². The first-order valence-corrected chi connectivity index (χ1v) is 12.0. The molecule has 172 valence electrons. The Morgan fingerprint density at radius 2 is 2.00 bits per heavy atom. The second-order valence-electron chi connectivity index (χ2n) is 7.11. The summed E-state index contributed by atoms with van der Waals surface area (Å²) in [5.74, 6) is -1.35. The highest BCUT2D eigenvalue weighted by Gasteiger charge is 2.34. The van der Waals surface area contributed by atoms with Crippen LogP contribution in [0.1, 0.15) is 30.2 Å². The van der Waals surface area contributed by atoms with Crippen LogP contribution in [0.15, 0.2) is 35.2 Å². The minimum Gasteiger partial charge on any atom is -0.406 e. The second kappa shape index (κ2) is 9.48. The lowest BCUT2D eigenvalue weighted by Crippen LogP contribution is -2.41. The number of hydrogen-bond acceptors (Lipinski definition) is 6. The van der Waals surface area contributed by atoms with Gasteiger partial charge in [-0.3, -0.25) is 4.79 Å². The monoisotopic (exact) mass is 487 g/mol. The topological polar surface area (TPSA) is 99.5 Å². The maximum Gasteiger partial charge on any atom is 0.573 e. The number of ether oxygens (including phenoxy) is 1. The molecule has 7 nitrogen and oxygen atoms in total. The van der Waals surface area contributed by atoms with Gasteiger partial charge in [0.1, 0.15) is 16.8 Å². The highest BCUT2D eigenvalue weighted by molar-refractivity contribution is 7.89.